The molecule has 0 radical (unpaired) electrons. The molecule has 3 heterocycles. The molecule has 3 aliphatic heterocycles. The van der Waals surface area contributed by atoms with Gasteiger partial charge in [0.15, 0.2) is 11.6 Å². The molecule has 222 valence electrons. The highest BCUT2D eigenvalue weighted by Crippen LogP contribution is 2.45. The monoisotopic (exact) mass is 615 g/mol. The van der Waals surface area contributed by atoms with Crippen molar-refractivity contribution >= 4 is 50.3 Å². The Morgan fingerprint density at radius 3 is 2.64 bits per heavy atom. The molecule has 0 amide bonds. The lowest BCUT2D eigenvalue weighted by Gasteiger charge is -2.25. The molecule has 0 spiro atoms. The van der Waals surface area contributed by atoms with Crippen molar-refractivity contribution in [3.8, 4) is 5.75 Å². The molecule has 42 heavy (non-hydrogen) atoms. The topological polar surface area (TPSA) is 101 Å². The SMILES string of the molecule is C=c1c2c(=O)/c(=C(/C)O)sc=2n(C2CC2)c2c(OC)c(N3CC[C@@H](CNS(=O)(=O)c4cc(F)ccc4C)C3)c(F)cc12. The molecule has 12 heteroatoms. The van der Waals surface area contributed by atoms with Crippen molar-refractivity contribution in [2.75, 3.05) is 31.6 Å². The van der Waals surface area contributed by atoms with E-state index in [1.165, 1.54) is 43.6 Å². The van der Waals surface area contributed by atoms with Gasteiger partial charge in [-0.1, -0.05) is 12.6 Å². The second-order valence-corrected chi connectivity index (χ2v) is 13.8. The standard InChI is InChI=1S/C30H31F2N3O5S2/c1-15-5-6-19(31)11-23(15)42(38,39)33-13-18-9-10-34(14-18)26-22(32)12-21-16(2)24-27(37)29(17(3)36)41-30(24)35(20-7-8-20)25(21)28(26)40-4/h5-6,11-12,18,20,33,36H,2,7-10,13-14H2,1,3-4H3/b29-17+/t18-/m0/s1. The molecule has 2 aromatic carbocycles. The minimum atomic E-state index is -3.94. The molecule has 2 fully saturated rings. The number of ether oxygens (including phenoxy) is 1. The maximum Gasteiger partial charge on any atom is 0.240 e. The van der Waals surface area contributed by atoms with Crippen molar-refractivity contribution < 1.29 is 27.0 Å². The first kappa shape index (κ1) is 28.6. The quantitative estimate of drug-likeness (QED) is 0.330. The van der Waals surface area contributed by atoms with Crippen LogP contribution >= 0.6 is 11.3 Å². The average Bonchev–Trinajstić information content (AvgIpc) is 3.56. The summed E-state index contributed by atoms with van der Waals surface area (Å²) in [7, 11) is -2.45. The maximum absolute atomic E-state index is 16.0. The van der Waals surface area contributed by atoms with Crippen molar-refractivity contribution in [2.45, 2.75) is 44.0 Å². The zero-order chi connectivity index (χ0) is 30.1. The summed E-state index contributed by atoms with van der Waals surface area (Å²) < 4.78 is 66.9. The summed E-state index contributed by atoms with van der Waals surface area (Å²) in [5, 5.41) is 11.4. The molecular weight excluding hydrogens is 584 g/mol. The molecule has 0 bridgehead atoms. The normalized spacial score (nSPS) is 18.3. The van der Waals surface area contributed by atoms with Gasteiger partial charge in [0.2, 0.25) is 15.5 Å². The minimum Gasteiger partial charge on any atom is -0.511 e. The third kappa shape index (κ3) is 4.65. The molecule has 6 rings (SSSR count). The summed E-state index contributed by atoms with van der Waals surface area (Å²) in [6, 6.07) is 5.13. The predicted molar refractivity (Wildman–Crippen MR) is 159 cm³/mol. The summed E-state index contributed by atoms with van der Waals surface area (Å²) in [5.74, 6) is -1.03. The smallest absolute Gasteiger partial charge is 0.240 e. The Bertz CT molecular complexity index is 2100. The number of fused-ring (bicyclic) bond motifs is 1. The Labute approximate surface area is 244 Å². The lowest BCUT2D eigenvalue weighted by atomic mass is 10.1. The van der Waals surface area contributed by atoms with E-state index in [1.54, 1.807) is 6.92 Å². The molecule has 1 aliphatic carbocycles. The summed E-state index contributed by atoms with van der Waals surface area (Å²) in [6.45, 7) is 8.18. The van der Waals surface area contributed by atoms with Gasteiger partial charge in [0.05, 0.1) is 22.7 Å². The number of hydrogen-bond donors (Lipinski definition) is 2. The first-order chi connectivity index (χ1) is 19.9. The Morgan fingerprint density at radius 1 is 1.24 bits per heavy atom. The van der Waals surface area contributed by atoms with Crippen molar-refractivity contribution in [3.63, 3.8) is 0 Å². The van der Waals surface area contributed by atoms with Crippen LogP contribution < -0.4 is 29.5 Å². The van der Waals surface area contributed by atoms with E-state index in [1.807, 2.05) is 9.47 Å². The van der Waals surface area contributed by atoms with E-state index < -0.39 is 21.7 Å². The fourth-order valence-corrected chi connectivity index (χ4v) is 8.49. The second kappa shape index (κ2) is 10.4. The number of anilines is 1. The molecule has 0 unspecified atom stereocenters. The molecule has 2 N–H and O–H groups in total. The molecule has 2 aromatic rings. The van der Waals surface area contributed by atoms with Crippen LogP contribution in [-0.4, -0.2) is 44.8 Å². The zero-order valence-electron chi connectivity index (χ0n) is 23.5. The first-order valence-electron chi connectivity index (χ1n) is 13.7. The fraction of sp³-hybridized carbons (Fsp3) is 0.367. The lowest BCUT2D eigenvalue weighted by molar-refractivity contribution is 0.413. The second-order valence-electron chi connectivity index (χ2n) is 11.1. The van der Waals surface area contributed by atoms with Crippen molar-refractivity contribution in [3.05, 3.63) is 71.3 Å². The summed E-state index contributed by atoms with van der Waals surface area (Å²) in [5.41, 5.74) is 1.03. The fourth-order valence-electron chi connectivity index (χ4n) is 5.93. The number of aromatic nitrogens is 1. The third-order valence-electron chi connectivity index (χ3n) is 8.16. The Kier molecular flexibility index (Phi) is 7.06. The number of aliphatic hydroxyl groups excluding tert-OH is 1. The number of sulfonamides is 1. The number of nitrogens with zero attached hydrogens (tertiary/aromatic N) is 2. The number of hydrogen-bond acceptors (Lipinski definition) is 7. The van der Waals surface area contributed by atoms with Crippen molar-refractivity contribution in [1.82, 2.24) is 9.29 Å². The Morgan fingerprint density at radius 2 is 1.98 bits per heavy atom. The highest BCUT2D eigenvalue weighted by molar-refractivity contribution is 7.89. The van der Waals surface area contributed by atoms with Crippen molar-refractivity contribution in [1.29, 1.82) is 0 Å². The highest BCUT2D eigenvalue weighted by Gasteiger charge is 2.33. The van der Waals surface area contributed by atoms with E-state index in [2.05, 4.69) is 11.3 Å². The van der Waals surface area contributed by atoms with Gasteiger partial charge in [-0.2, -0.15) is 0 Å². The molecule has 4 aliphatic rings. The van der Waals surface area contributed by atoms with E-state index in [0.717, 1.165) is 18.9 Å². The van der Waals surface area contributed by atoms with Crippen LogP contribution in [0.25, 0.3) is 23.2 Å². The molecule has 1 saturated carbocycles. The molecule has 1 atom stereocenters. The van der Waals surface area contributed by atoms with Crippen LogP contribution in [0.15, 0.2) is 34.0 Å². The zero-order valence-corrected chi connectivity index (χ0v) is 25.1. The van der Waals surface area contributed by atoms with Gasteiger partial charge in [-0.05, 0) is 68.0 Å². The number of benzene rings is 2. The van der Waals surface area contributed by atoms with Crippen LogP contribution in [0.2, 0.25) is 0 Å². The molecule has 0 aromatic heterocycles. The Hall–Kier alpha value is -3.48. The summed E-state index contributed by atoms with van der Waals surface area (Å²) in [6.07, 6.45) is 2.38. The number of halogens is 2. The third-order valence-corrected chi connectivity index (χ3v) is 11.0. The van der Waals surface area contributed by atoms with Gasteiger partial charge >= 0.3 is 0 Å². The average molecular weight is 616 g/mol. The lowest BCUT2D eigenvalue weighted by Crippen LogP contribution is -2.32. The first-order valence-corrected chi connectivity index (χ1v) is 16.0. The van der Waals surface area contributed by atoms with Gasteiger partial charge in [0.25, 0.3) is 0 Å². The van der Waals surface area contributed by atoms with Crippen LogP contribution in [0.4, 0.5) is 14.5 Å². The maximum atomic E-state index is 16.0. The van der Waals surface area contributed by atoms with Crippen molar-refractivity contribution in [2.24, 2.45) is 5.92 Å². The van der Waals surface area contributed by atoms with Gasteiger partial charge in [0.1, 0.15) is 26.5 Å². The van der Waals surface area contributed by atoms with Gasteiger partial charge in [0, 0.05) is 31.1 Å². The Balaban J connectivity index is 1.40. The summed E-state index contributed by atoms with van der Waals surface area (Å²) >= 11 is 1.20. The van der Waals surface area contributed by atoms with Gasteiger partial charge < -0.3 is 19.3 Å². The molecular formula is C30H31F2N3O5S2. The number of rotatable bonds is 7. The minimum absolute atomic E-state index is 0.0721. The van der Waals surface area contributed by atoms with E-state index in [-0.39, 0.29) is 44.8 Å². The molecule has 8 nitrogen and oxygen atoms in total. The largest absolute Gasteiger partial charge is 0.511 e. The van der Waals surface area contributed by atoms with Crippen LogP contribution in [0.5, 0.6) is 5.75 Å². The summed E-state index contributed by atoms with van der Waals surface area (Å²) in [4.78, 5) is 15.0. The van der Waals surface area contributed by atoms with Crippen LogP contribution in [-0.2, 0) is 10.0 Å². The van der Waals surface area contributed by atoms with Gasteiger partial charge in [-0.3, -0.25) is 4.79 Å². The highest BCUT2D eigenvalue weighted by atomic mass is 32.2. The van der Waals surface area contributed by atoms with E-state index in [0.29, 0.717) is 56.8 Å². The van der Waals surface area contributed by atoms with E-state index in [9.17, 15) is 22.7 Å². The number of aliphatic hydroxyl groups is 1. The number of methoxy groups -OCH3 is 1. The predicted octanol–water partition coefficient (Wildman–Crippen LogP) is 3.62. The van der Waals surface area contributed by atoms with Crippen LogP contribution in [0.3, 0.4) is 0 Å². The van der Waals surface area contributed by atoms with Crippen LogP contribution in [0.1, 0.15) is 37.8 Å². The number of aryl methyl sites for hydroxylation is 1. The van der Waals surface area contributed by atoms with E-state index in [4.69, 9.17) is 4.74 Å². The van der Waals surface area contributed by atoms with Gasteiger partial charge in [-0.25, -0.2) is 21.9 Å². The molecule has 1 saturated heterocycles. The van der Waals surface area contributed by atoms with Gasteiger partial charge in [-0.15, -0.1) is 11.3 Å². The number of nitrogens with one attached hydrogen (secondary N) is 1. The van der Waals surface area contributed by atoms with Crippen LogP contribution in [0, 0.1) is 34.4 Å². The van der Waals surface area contributed by atoms with E-state index >= 15 is 4.39 Å².